The Bertz CT molecular complexity index is 161. The number of hydrogen-bond acceptors (Lipinski definition) is 2. The average Bonchev–Trinajstić information content (AvgIpc) is 2.41. The summed E-state index contributed by atoms with van der Waals surface area (Å²) in [5, 5.41) is 3.80. The second-order valence-corrected chi connectivity index (χ2v) is 6.15. The van der Waals surface area contributed by atoms with Gasteiger partial charge in [-0.2, -0.15) is 11.8 Å². The van der Waals surface area contributed by atoms with Crippen LogP contribution in [0, 0.1) is 5.92 Å². The van der Waals surface area contributed by atoms with Gasteiger partial charge in [0, 0.05) is 12.1 Å². The van der Waals surface area contributed by atoms with E-state index in [1.807, 2.05) is 11.8 Å². The van der Waals surface area contributed by atoms with E-state index in [4.69, 9.17) is 0 Å². The predicted molar refractivity (Wildman–Crippen MR) is 71.6 cm³/mol. The van der Waals surface area contributed by atoms with Crippen LogP contribution in [0.3, 0.4) is 0 Å². The third kappa shape index (κ3) is 5.82. The first-order chi connectivity index (χ1) is 7.22. The molecule has 1 aliphatic carbocycles. The van der Waals surface area contributed by atoms with Crippen LogP contribution in [-0.2, 0) is 0 Å². The fraction of sp³-hybridized carbons (Fsp3) is 1.00. The summed E-state index contributed by atoms with van der Waals surface area (Å²) in [7, 11) is 0. The molecule has 0 aromatic carbocycles. The van der Waals surface area contributed by atoms with E-state index in [2.05, 4.69) is 25.4 Å². The van der Waals surface area contributed by atoms with Gasteiger partial charge in [0.05, 0.1) is 0 Å². The fourth-order valence-electron chi connectivity index (χ4n) is 2.43. The van der Waals surface area contributed by atoms with E-state index in [9.17, 15) is 0 Å². The normalized spacial score (nSPS) is 29.8. The summed E-state index contributed by atoms with van der Waals surface area (Å²) in [6.45, 7) is 4.74. The van der Waals surface area contributed by atoms with Gasteiger partial charge >= 0.3 is 0 Å². The summed E-state index contributed by atoms with van der Waals surface area (Å²) >= 11 is 1.96. The van der Waals surface area contributed by atoms with Crippen LogP contribution < -0.4 is 5.32 Å². The van der Waals surface area contributed by atoms with Crippen molar-refractivity contribution in [2.24, 2.45) is 5.92 Å². The molecule has 1 nitrogen and oxygen atoms in total. The van der Waals surface area contributed by atoms with Crippen molar-refractivity contribution < 1.29 is 0 Å². The van der Waals surface area contributed by atoms with E-state index < -0.39 is 0 Å². The van der Waals surface area contributed by atoms with Crippen LogP contribution in [0.25, 0.3) is 0 Å². The maximum absolute atomic E-state index is 3.80. The van der Waals surface area contributed by atoms with Crippen molar-refractivity contribution in [3.8, 4) is 0 Å². The molecule has 3 atom stereocenters. The average molecular weight is 229 g/mol. The molecule has 0 spiro atoms. The highest BCUT2D eigenvalue weighted by Gasteiger charge is 2.17. The first-order valence-corrected chi connectivity index (χ1v) is 7.86. The maximum atomic E-state index is 3.80. The fourth-order valence-corrected chi connectivity index (χ4v) is 3.02. The van der Waals surface area contributed by atoms with Gasteiger partial charge in [-0.15, -0.1) is 0 Å². The molecule has 1 rings (SSSR count). The minimum absolute atomic E-state index is 0.704. The summed E-state index contributed by atoms with van der Waals surface area (Å²) in [6, 6.07) is 1.50. The molecule has 1 fully saturated rings. The van der Waals surface area contributed by atoms with Crippen LogP contribution in [0.1, 0.15) is 52.4 Å². The SMILES string of the molecule is CSCCC(C)NC1CCCC(C)CC1. The quantitative estimate of drug-likeness (QED) is 0.722. The van der Waals surface area contributed by atoms with E-state index in [-0.39, 0.29) is 0 Å². The van der Waals surface area contributed by atoms with Crippen molar-refractivity contribution in [2.75, 3.05) is 12.0 Å². The Morgan fingerprint density at radius 1 is 1.27 bits per heavy atom. The molecule has 1 aliphatic rings. The Morgan fingerprint density at radius 3 is 2.80 bits per heavy atom. The molecule has 0 aromatic heterocycles. The minimum Gasteiger partial charge on any atom is -0.311 e. The highest BCUT2D eigenvalue weighted by molar-refractivity contribution is 7.98. The van der Waals surface area contributed by atoms with E-state index in [1.165, 1.54) is 44.3 Å². The summed E-state index contributed by atoms with van der Waals surface area (Å²) in [5.41, 5.74) is 0. The van der Waals surface area contributed by atoms with Gasteiger partial charge in [0.2, 0.25) is 0 Å². The van der Waals surface area contributed by atoms with Gasteiger partial charge in [-0.1, -0.05) is 19.8 Å². The number of rotatable bonds is 5. The van der Waals surface area contributed by atoms with E-state index in [0.717, 1.165) is 12.0 Å². The Hall–Kier alpha value is 0.310. The summed E-state index contributed by atoms with van der Waals surface area (Å²) in [4.78, 5) is 0. The Balaban J connectivity index is 2.18. The lowest BCUT2D eigenvalue weighted by Crippen LogP contribution is -2.36. The topological polar surface area (TPSA) is 12.0 Å². The Labute approximate surface area is 99.8 Å². The van der Waals surface area contributed by atoms with Gasteiger partial charge in [0.1, 0.15) is 0 Å². The molecule has 3 unspecified atom stereocenters. The molecule has 15 heavy (non-hydrogen) atoms. The summed E-state index contributed by atoms with van der Waals surface area (Å²) < 4.78 is 0. The lowest BCUT2D eigenvalue weighted by atomic mass is 10.0. The van der Waals surface area contributed by atoms with Gasteiger partial charge in [0.25, 0.3) is 0 Å². The zero-order valence-corrected chi connectivity index (χ0v) is 11.4. The van der Waals surface area contributed by atoms with Crippen molar-refractivity contribution in [3.63, 3.8) is 0 Å². The molecule has 0 amide bonds. The molecule has 0 aliphatic heterocycles. The summed E-state index contributed by atoms with van der Waals surface area (Å²) in [6.07, 6.45) is 10.6. The lowest BCUT2D eigenvalue weighted by Gasteiger charge is -2.21. The Kier molecular flexibility index (Phi) is 6.74. The largest absolute Gasteiger partial charge is 0.311 e. The molecule has 0 saturated heterocycles. The molecule has 0 heterocycles. The Morgan fingerprint density at radius 2 is 2.07 bits per heavy atom. The molecule has 2 heteroatoms. The molecule has 0 aromatic rings. The number of nitrogens with one attached hydrogen (secondary N) is 1. The van der Waals surface area contributed by atoms with Crippen LogP contribution in [0.2, 0.25) is 0 Å². The van der Waals surface area contributed by atoms with Crippen LogP contribution in [-0.4, -0.2) is 24.1 Å². The third-order valence-electron chi connectivity index (χ3n) is 3.53. The van der Waals surface area contributed by atoms with Crippen molar-refractivity contribution in [1.29, 1.82) is 0 Å². The van der Waals surface area contributed by atoms with Crippen molar-refractivity contribution in [1.82, 2.24) is 5.32 Å². The molecule has 0 radical (unpaired) electrons. The molecule has 1 saturated carbocycles. The van der Waals surface area contributed by atoms with Crippen LogP contribution >= 0.6 is 11.8 Å². The zero-order valence-electron chi connectivity index (χ0n) is 10.6. The van der Waals surface area contributed by atoms with Crippen molar-refractivity contribution >= 4 is 11.8 Å². The van der Waals surface area contributed by atoms with E-state index in [0.29, 0.717) is 6.04 Å². The second-order valence-electron chi connectivity index (χ2n) is 5.16. The molecule has 1 N–H and O–H groups in total. The molecular weight excluding hydrogens is 202 g/mol. The monoisotopic (exact) mass is 229 g/mol. The van der Waals surface area contributed by atoms with Crippen LogP contribution in [0.4, 0.5) is 0 Å². The van der Waals surface area contributed by atoms with E-state index >= 15 is 0 Å². The minimum atomic E-state index is 0.704. The van der Waals surface area contributed by atoms with Gasteiger partial charge in [-0.3, -0.25) is 0 Å². The molecular formula is C13H27NS. The smallest absolute Gasteiger partial charge is 0.00696 e. The van der Waals surface area contributed by atoms with Crippen LogP contribution in [0.5, 0.6) is 0 Å². The standard InChI is InChI=1S/C13H27NS/c1-11-5-4-6-13(8-7-11)14-12(2)9-10-15-3/h11-14H,4-10H2,1-3H3. The number of hydrogen-bond donors (Lipinski definition) is 1. The van der Waals surface area contributed by atoms with Crippen molar-refractivity contribution in [3.05, 3.63) is 0 Å². The van der Waals surface area contributed by atoms with Gasteiger partial charge in [-0.25, -0.2) is 0 Å². The highest BCUT2D eigenvalue weighted by atomic mass is 32.2. The van der Waals surface area contributed by atoms with Gasteiger partial charge in [-0.05, 0) is 50.5 Å². The summed E-state index contributed by atoms with van der Waals surface area (Å²) in [5.74, 6) is 2.25. The number of thioether (sulfide) groups is 1. The van der Waals surface area contributed by atoms with Crippen LogP contribution in [0.15, 0.2) is 0 Å². The lowest BCUT2D eigenvalue weighted by molar-refractivity contribution is 0.397. The first kappa shape index (κ1) is 13.4. The van der Waals surface area contributed by atoms with Crippen molar-refractivity contribution in [2.45, 2.75) is 64.5 Å². The molecule has 90 valence electrons. The zero-order chi connectivity index (χ0) is 11.1. The first-order valence-electron chi connectivity index (χ1n) is 6.47. The second kappa shape index (κ2) is 7.56. The van der Waals surface area contributed by atoms with E-state index in [1.54, 1.807) is 0 Å². The van der Waals surface area contributed by atoms with Gasteiger partial charge < -0.3 is 5.32 Å². The highest BCUT2D eigenvalue weighted by Crippen LogP contribution is 2.23. The predicted octanol–water partition coefficient (Wildman–Crippen LogP) is 3.69. The molecule has 0 bridgehead atoms. The maximum Gasteiger partial charge on any atom is 0.00696 e. The third-order valence-corrected chi connectivity index (χ3v) is 4.18. The van der Waals surface area contributed by atoms with Gasteiger partial charge in [0.15, 0.2) is 0 Å².